The van der Waals surface area contributed by atoms with Crippen molar-refractivity contribution < 1.29 is 0 Å². The molecule has 0 aliphatic heterocycles. The van der Waals surface area contributed by atoms with E-state index in [0.717, 1.165) is 12.2 Å². The number of aromatic nitrogens is 1. The molecule has 0 aliphatic rings. The first-order chi connectivity index (χ1) is 6.69. The van der Waals surface area contributed by atoms with Gasteiger partial charge < -0.3 is 5.32 Å². The van der Waals surface area contributed by atoms with E-state index in [2.05, 4.69) is 30.2 Å². The van der Waals surface area contributed by atoms with Gasteiger partial charge in [0.15, 0.2) is 0 Å². The summed E-state index contributed by atoms with van der Waals surface area (Å²) in [6, 6.07) is 5.85. The van der Waals surface area contributed by atoms with Crippen LogP contribution >= 0.6 is 0 Å². The molecular weight excluding hydrogens is 174 g/mol. The van der Waals surface area contributed by atoms with Crippen LogP contribution in [0.2, 0.25) is 0 Å². The molecule has 1 rings (SSSR count). The lowest BCUT2D eigenvalue weighted by molar-refractivity contribution is 0.822. The van der Waals surface area contributed by atoms with Crippen LogP contribution in [0.1, 0.15) is 37.9 Å². The minimum Gasteiger partial charge on any atom is -0.369 e. The lowest BCUT2D eigenvalue weighted by atomic mass is 10.1. The Morgan fingerprint density at radius 1 is 1.50 bits per heavy atom. The van der Waals surface area contributed by atoms with E-state index in [4.69, 9.17) is 5.26 Å². The van der Waals surface area contributed by atoms with Crippen molar-refractivity contribution in [3.05, 3.63) is 23.4 Å². The molecule has 0 unspecified atom stereocenters. The van der Waals surface area contributed by atoms with Gasteiger partial charge in [0.25, 0.3) is 0 Å². The molecule has 0 atom stereocenters. The molecule has 0 saturated carbocycles. The molecule has 1 aromatic heterocycles. The SMILES string of the molecule is CCNc1nc(C(C)C)ccc1C#N. The highest BCUT2D eigenvalue weighted by Crippen LogP contribution is 2.17. The fraction of sp³-hybridized carbons (Fsp3) is 0.455. The summed E-state index contributed by atoms with van der Waals surface area (Å²) in [5.74, 6) is 1.08. The molecular formula is C11H15N3. The number of nitrogens with zero attached hydrogens (tertiary/aromatic N) is 2. The Labute approximate surface area is 84.8 Å². The Bertz CT molecular complexity index is 350. The van der Waals surface area contributed by atoms with E-state index in [1.54, 1.807) is 0 Å². The maximum Gasteiger partial charge on any atom is 0.144 e. The number of hydrogen-bond acceptors (Lipinski definition) is 3. The molecule has 1 N–H and O–H groups in total. The predicted molar refractivity (Wildman–Crippen MR) is 57.2 cm³/mol. The van der Waals surface area contributed by atoms with E-state index < -0.39 is 0 Å². The zero-order valence-corrected chi connectivity index (χ0v) is 8.83. The Morgan fingerprint density at radius 2 is 2.21 bits per heavy atom. The molecule has 0 fully saturated rings. The Kier molecular flexibility index (Phi) is 3.47. The second-order valence-corrected chi connectivity index (χ2v) is 3.43. The summed E-state index contributed by atoms with van der Waals surface area (Å²) in [6.45, 7) is 6.95. The van der Waals surface area contributed by atoms with Crippen LogP contribution in [0.25, 0.3) is 0 Å². The van der Waals surface area contributed by atoms with E-state index in [1.165, 1.54) is 0 Å². The van der Waals surface area contributed by atoms with Crippen molar-refractivity contribution in [3.8, 4) is 6.07 Å². The van der Waals surface area contributed by atoms with Gasteiger partial charge in [-0.1, -0.05) is 13.8 Å². The van der Waals surface area contributed by atoms with Gasteiger partial charge in [0.2, 0.25) is 0 Å². The van der Waals surface area contributed by atoms with Crippen molar-refractivity contribution in [1.82, 2.24) is 4.98 Å². The molecule has 3 heteroatoms. The van der Waals surface area contributed by atoms with Crippen LogP contribution in [0.15, 0.2) is 12.1 Å². The summed E-state index contributed by atoms with van der Waals surface area (Å²) < 4.78 is 0. The predicted octanol–water partition coefficient (Wildman–Crippen LogP) is 2.51. The van der Waals surface area contributed by atoms with Crippen molar-refractivity contribution in [2.45, 2.75) is 26.7 Å². The molecule has 0 amide bonds. The lowest BCUT2D eigenvalue weighted by Gasteiger charge is -2.09. The van der Waals surface area contributed by atoms with Crippen LogP contribution < -0.4 is 5.32 Å². The number of rotatable bonds is 3. The fourth-order valence-corrected chi connectivity index (χ4v) is 1.19. The van der Waals surface area contributed by atoms with Crippen molar-refractivity contribution >= 4 is 5.82 Å². The van der Waals surface area contributed by atoms with Crippen molar-refractivity contribution in [2.24, 2.45) is 0 Å². The maximum absolute atomic E-state index is 8.84. The van der Waals surface area contributed by atoms with Gasteiger partial charge in [0, 0.05) is 12.2 Å². The summed E-state index contributed by atoms with van der Waals surface area (Å²) in [6.07, 6.45) is 0. The Morgan fingerprint density at radius 3 is 2.71 bits per heavy atom. The first-order valence-electron chi connectivity index (χ1n) is 4.84. The van der Waals surface area contributed by atoms with Gasteiger partial charge in [-0.15, -0.1) is 0 Å². The molecule has 1 heterocycles. The van der Waals surface area contributed by atoms with Crippen LogP contribution in [-0.2, 0) is 0 Å². The molecule has 0 bridgehead atoms. The summed E-state index contributed by atoms with van der Waals surface area (Å²) in [5.41, 5.74) is 1.62. The van der Waals surface area contributed by atoms with Crippen molar-refractivity contribution in [3.63, 3.8) is 0 Å². The standard InChI is InChI=1S/C11H15N3/c1-4-13-11-9(7-12)5-6-10(14-11)8(2)3/h5-6,8H,4H2,1-3H3,(H,13,14). The van der Waals surface area contributed by atoms with Crippen molar-refractivity contribution in [2.75, 3.05) is 11.9 Å². The van der Waals surface area contributed by atoms with Gasteiger partial charge >= 0.3 is 0 Å². The fourth-order valence-electron chi connectivity index (χ4n) is 1.19. The Balaban J connectivity index is 3.09. The van der Waals surface area contributed by atoms with Crippen LogP contribution in [0.4, 0.5) is 5.82 Å². The average molecular weight is 189 g/mol. The van der Waals surface area contributed by atoms with Crippen molar-refractivity contribution in [1.29, 1.82) is 5.26 Å². The molecule has 3 nitrogen and oxygen atoms in total. The molecule has 74 valence electrons. The second-order valence-electron chi connectivity index (χ2n) is 3.43. The lowest BCUT2D eigenvalue weighted by Crippen LogP contribution is -2.04. The summed E-state index contributed by atoms with van der Waals surface area (Å²) in [5, 5.41) is 11.9. The summed E-state index contributed by atoms with van der Waals surface area (Å²) in [7, 11) is 0. The highest BCUT2D eigenvalue weighted by atomic mass is 15.0. The van der Waals surface area contributed by atoms with E-state index in [0.29, 0.717) is 17.3 Å². The molecule has 0 saturated heterocycles. The Hall–Kier alpha value is -1.56. The van der Waals surface area contributed by atoms with Gasteiger partial charge in [-0.05, 0) is 25.0 Å². The number of nitrogens with one attached hydrogen (secondary N) is 1. The minimum absolute atomic E-state index is 0.389. The van der Waals surface area contributed by atoms with E-state index >= 15 is 0 Å². The van der Waals surface area contributed by atoms with E-state index in [-0.39, 0.29) is 0 Å². The van der Waals surface area contributed by atoms with Gasteiger partial charge in [0.1, 0.15) is 11.9 Å². The quantitative estimate of drug-likeness (QED) is 0.794. The first kappa shape index (κ1) is 10.5. The highest BCUT2D eigenvalue weighted by molar-refractivity contribution is 5.52. The van der Waals surface area contributed by atoms with Crippen LogP contribution in [0, 0.1) is 11.3 Å². The van der Waals surface area contributed by atoms with E-state index in [9.17, 15) is 0 Å². The second kappa shape index (κ2) is 4.61. The van der Waals surface area contributed by atoms with E-state index in [1.807, 2.05) is 19.1 Å². The first-order valence-corrected chi connectivity index (χ1v) is 4.84. The molecule has 0 aromatic carbocycles. The third-order valence-corrected chi connectivity index (χ3v) is 1.97. The smallest absolute Gasteiger partial charge is 0.144 e. The topological polar surface area (TPSA) is 48.7 Å². The van der Waals surface area contributed by atoms with Gasteiger partial charge in [-0.25, -0.2) is 4.98 Å². The van der Waals surface area contributed by atoms with Gasteiger partial charge in [0.05, 0.1) is 5.56 Å². The molecule has 1 aromatic rings. The molecule has 0 aliphatic carbocycles. The monoisotopic (exact) mass is 189 g/mol. The number of pyridine rings is 1. The molecule has 0 radical (unpaired) electrons. The zero-order valence-electron chi connectivity index (χ0n) is 8.83. The average Bonchev–Trinajstić information content (AvgIpc) is 2.18. The summed E-state index contributed by atoms with van der Waals surface area (Å²) >= 11 is 0. The largest absolute Gasteiger partial charge is 0.369 e. The highest BCUT2D eigenvalue weighted by Gasteiger charge is 2.06. The normalized spacial score (nSPS) is 9.93. The third kappa shape index (κ3) is 2.23. The molecule has 14 heavy (non-hydrogen) atoms. The third-order valence-electron chi connectivity index (χ3n) is 1.97. The van der Waals surface area contributed by atoms with Gasteiger partial charge in [-0.3, -0.25) is 0 Å². The van der Waals surface area contributed by atoms with Crippen LogP contribution in [0.5, 0.6) is 0 Å². The van der Waals surface area contributed by atoms with Crippen LogP contribution in [0.3, 0.4) is 0 Å². The van der Waals surface area contributed by atoms with Crippen LogP contribution in [-0.4, -0.2) is 11.5 Å². The number of hydrogen-bond donors (Lipinski definition) is 1. The molecule has 0 spiro atoms. The maximum atomic E-state index is 8.84. The van der Waals surface area contributed by atoms with Gasteiger partial charge in [-0.2, -0.15) is 5.26 Å². The number of nitriles is 1. The summed E-state index contributed by atoms with van der Waals surface area (Å²) in [4.78, 5) is 4.40. The number of anilines is 1. The zero-order chi connectivity index (χ0) is 10.6. The minimum atomic E-state index is 0.389.